The smallest absolute Gasteiger partial charge is 0.336 e. The van der Waals surface area contributed by atoms with Gasteiger partial charge in [-0.2, -0.15) is 0 Å². The van der Waals surface area contributed by atoms with E-state index in [0.717, 1.165) is 6.42 Å². The maximum absolute atomic E-state index is 12.9. The molecular formula is C24H20N2O5. The van der Waals surface area contributed by atoms with Crippen molar-refractivity contribution in [3.05, 3.63) is 71.3 Å². The lowest BCUT2D eigenvalue weighted by Crippen LogP contribution is -2.32. The van der Waals surface area contributed by atoms with Gasteiger partial charge in [0, 0.05) is 11.3 Å². The standard InChI is InChI=1S/C24H20N2O5/c1-12-17(24(30)31)3-2-4-18(12)25-21(27)13-7-9-16(10-8-13)26-22(28)19-14-5-6-15(11-14)20(19)23(26)29/h2-10,14-15,19-20H,11H2,1H3,(H,25,27)(H,30,31)/t14-,15+,19-,20-/m0/s1. The minimum atomic E-state index is -1.06. The molecule has 0 unspecified atom stereocenters. The molecule has 156 valence electrons. The molecule has 1 aliphatic heterocycles. The zero-order chi connectivity index (χ0) is 21.9. The second-order valence-corrected chi connectivity index (χ2v) is 8.30. The van der Waals surface area contributed by atoms with Crippen molar-refractivity contribution in [1.82, 2.24) is 0 Å². The zero-order valence-electron chi connectivity index (χ0n) is 16.7. The van der Waals surface area contributed by atoms with Gasteiger partial charge in [0.1, 0.15) is 0 Å². The zero-order valence-corrected chi connectivity index (χ0v) is 16.7. The average molecular weight is 416 g/mol. The van der Waals surface area contributed by atoms with Gasteiger partial charge < -0.3 is 10.4 Å². The van der Waals surface area contributed by atoms with Crippen LogP contribution in [0.1, 0.15) is 32.7 Å². The van der Waals surface area contributed by atoms with E-state index >= 15 is 0 Å². The Balaban J connectivity index is 1.35. The van der Waals surface area contributed by atoms with Gasteiger partial charge in [0.15, 0.2) is 0 Å². The number of aromatic carboxylic acids is 1. The molecule has 0 radical (unpaired) electrons. The summed E-state index contributed by atoms with van der Waals surface area (Å²) >= 11 is 0. The molecule has 7 heteroatoms. The fraction of sp³-hybridized carbons (Fsp3) is 0.250. The highest BCUT2D eigenvalue weighted by Crippen LogP contribution is 2.53. The molecule has 2 aliphatic carbocycles. The number of anilines is 2. The number of carbonyl (C=O) groups excluding carboxylic acids is 3. The van der Waals surface area contributed by atoms with Gasteiger partial charge in [0.2, 0.25) is 11.8 Å². The minimum absolute atomic E-state index is 0.119. The third-order valence-electron chi connectivity index (χ3n) is 6.67. The topological polar surface area (TPSA) is 104 Å². The van der Waals surface area contributed by atoms with Crippen LogP contribution >= 0.6 is 0 Å². The first-order chi connectivity index (χ1) is 14.9. The molecular weight excluding hydrogens is 396 g/mol. The molecule has 5 rings (SSSR count). The van der Waals surface area contributed by atoms with Gasteiger partial charge in [0.05, 0.1) is 23.1 Å². The van der Waals surface area contributed by atoms with Crippen LogP contribution in [0.25, 0.3) is 0 Å². The summed E-state index contributed by atoms with van der Waals surface area (Å²) in [5, 5.41) is 12.0. The predicted molar refractivity (Wildman–Crippen MR) is 113 cm³/mol. The van der Waals surface area contributed by atoms with Crippen molar-refractivity contribution in [2.75, 3.05) is 10.2 Å². The number of hydrogen-bond acceptors (Lipinski definition) is 4. The molecule has 0 spiro atoms. The molecule has 3 amide bonds. The molecule has 7 nitrogen and oxygen atoms in total. The highest BCUT2D eigenvalue weighted by atomic mass is 16.4. The van der Waals surface area contributed by atoms with Crippen LogP contribution in [0.5, 0.6) is 0 Å². The van der Waals surface area contributed by atoms with Crippen molar-refractivity contribution in [3.8, 4) is 0 Å². The summed E-state index contributed by atoms with van der Waals surface area (Å²) in [5.41, 5.74) is 1.79. The van der Waals surface area contributed by atoms with Crippen LogP contribution in [0.2, 0.25) is 0 Å². The number of imide groups is 1. The molecule has 2 N–H and O–H groups in total. The van der Waals surface area contributed by atoms with Gasteiger partial charge in [-0.3, -0.25) is 19.3 Å². The Labute approximate surface area is 178 Å². The number of allylic oxidation sites excluding steroid dienone is 2. The second-order valence-electron chi connectivity index (χ2n) is 8.30. The highest BCUT2D eigenvalue weighted by Gasteiger charge is 2.59. The van der Waals surface area contributed by atoms with E-state index in [1.807, 2.05) is 0 Å². The van der Waals surface area contributed by atoms with Crippen molar-refractivity contribution in [3.63, 3.8) is 0 Å². The first kappa shape index (κ1) is 19.2. The Kier molecular flexibility index (Phi) is 4.28. The normalized spacial score (nSPS) is 25.8. The lowest BCUT2D eigenvalue weighted by molar-refractivity contribution is -0.123. The van der Waals surface area contributed by atoms with E-state index in [0.29, 0.717) is 22.5 Å². The van der Waals surface area contributed by atoms with Crippen LogP contribution in [0.3, 0.4) is 0 Å². The van der Waals surface area contributed by atoms with Crippen molar-refractivity contribution < 1.29 is 24.3 Å². The van der Waals surface area contributed by atoms with Crippen molar-refractivity contribution in [1.29, 1.82) is 0 Å². The van der Waals surface area contributed by atoms with Crippen LogP contribution in [0, 0.1) is 30.6 Å². The van der Waals surface area contributed by atoms with E-state index in [1.54, 1.807) is 43.3 Å². The Morgan fingerprint density at radius 1 is 0.968 bits per heavy atom. The largest absolute Gasteiger partial charge is 0.478 e. The van der Waals surface area contributed by atoms with Crippen LogP contribution in [-0.4, -0.2) is 28.8 Å². The molecule has 1 saturated carbocycles. The number of carboxylic acid groups (broad SMARTS) is 1. The molecule has 2 fully saturated rings. The lowest BCUT2D eigenvalue weighted by atomic mass is 9.85. The molecule has 2 aromatic rings. The fourth-order valence-corrected chi connectivity index (χ4v) is 5.12. The summed E-state index contributed by atoms with van der Waals surface area (Å²) in [6.07, 6.45) is 4.98. The molecule has 3 aliphatic rings. The molecule has 2 bridgehead atoms. The number of carboxylic acids is 1. The summed E-state index contributed by atoms with van der Waals surface area (Å²) in [5.74, 6) is -2.04. The summed E-state index contributed by atoms with van der Waals surface area (Å²) in [7, 11) is 0. The lowest BCUT2D eigenvalue weighted by Gasteiger charge is -2.17. The van der Waals surface area contributed by atoms with E-state index in [1.165, 1.54) is 11.0 Å². The van der Waals surface area contributed by atoms with Gasteiger partial charge in [-0.1, -0.05) is 18.2 Å². The molecule has 1 saturated heterocycles. The monoisotopic (exact) mass is 416 g/mol. The number of benzene rings is 2. The van der Waals surface area contributed by atoms with E-state index in [-0.39, 0.29) is 41.0 Å². The molecule has 1 heterocycles. The summed E-state index contributed by atoms with van der Waals surface area (Å²) in [6.45, 7) is 1.63. The maximum Gasteiger partial charge on any atom is 0.336 e. The summed E-state index contributed by atoms with van der Waals surface area (Å²) in [6, 6.07) is 11.0. The molecule has 0 aromatic heterocycles. The van der Waals surface area contributed by atoms with Crippen LogP contribution in [-0.2, 0) is 9.59 Å². The number of nitrogens with one attached hydrogen (secondary N) is 1. The van der Waals surface area contributed by atoms with Crippen LogP contribution < -0.4 is 10.2 Å². The van der Waals surface area contributed by atoms with E-state index in [4.69, 9.17) is 0 Å². The van der Waals surface area contributed by atoms with Crippen LogP contribution in [0.4, 0.5) is 11.4 Å². The fourth-order valence-electron chi connectivity index (χ4n) is 5.12. The number of amides is 3. The molecule has 4 atom stereocenters. The highest BCUT2D eigenvalue weighted by molar-refractivity contribution is 6.23. The summed E-state index contributed by atoms with van der Waals surface area (Å²) in [4.78, 5) is 51.0. The Bertz CT molecular complexity index is 1140. The molecule has 31 heavy (non-hydrogen) atoms. The van der Waals surface area contributed by atoms with E-state index < -0.39 is 11.9 Å². The SMILES string of the molecule is Cc1c(NC(=O)c2ccc(N3C(=O)[C@@H]4[C@@H](C3=O)[C@H]3C=C[C@@H]4C3)cc2)cccc1C(=O)O. The Hall–Kier alpha value is -3.74. The first-order valence-electron chi connectivity index (χ1n) is 10.2. The van der Waals surface area contributed by atoms with Gasteiger partial charge >= 0.3 is 5.97 Å². The number of fused-ring (bicyclic) bond motifs is 5. The van der Waals surface area contributed by atoms with Crippen LogP contribution in [0.15, 0.2) is 54.6 Å². The number of nitrogens with zero attached hydrogens (tertiary/aromatic N) is 1. The predicted octanol–water partition coefficient (Wildman–Crippen LogP) is 3.26. The van der Waals surface area contributed by atoms with Gasteiger partial charge in [-0.15, -0.1) is 0 Å². The summed E-state index contributed by atoms with van der Waals surface area (Å²) < 4.78 is 0. The van der Waals surface area contributed by atoms with Gasteiger partial charge in [0.25, 0.3) is 5.91 Å². The Morgan fingerprint density at radius 2 is 1.58 bits per heavy atom. The number of rotatable bonds is 4. The molecule has 2 aromatic carbocycles. The van der Waals surface area contributed by atoms with E-state index in [9.17, 15) is 24.3 Å². The van der Waals surface area contributed by atoms with Crippen molar-refractivity contribution in [2.45, 2.75) is 13.3 Å². The third kappa shape index (κ3) is 2.88. The number of hydrogen-bond donors (Lipinski definition) is 2. The minimum Gasteiger partial charge on any atom is -0.478 e. The second kappa shape index (κ2) is 6.91. The quantitative estimate of drug-likeness (QED) is 0.588. The average Bonchev–Trinajstić information content (AvgIpc) is 3.43. The van der Waals surface area contributed by atoms with Gasteiger partial charge in [-0.05, 0) is 67.1 Å². The number of carbonyl (C=O) groups is 4. The van der Waals surface area contributed by atoms with Gasteiger partial charge in [-0.25, -0.2) is 4.79 Å². The maximum atomic E-state index is 12.9. The Morgan fingerprint density at radius 3 is 2.16 bits per heavy atom. The van der Waals surface area contributed by atoms with Crippen molar-refractivity contribution >= 4 is 35.1 Å². The van der Waals surface area contributed by atoms with E-state index in [2.05, 4.69) is 17.5 Å². The first-order valence-corrected chi connectivity index (χ1v) is 10.2. The van der Waals surface area contributed by atoms with Crippen molar-refractivity contribution in [2.24, 2.45) is 23.7 Å². The third-order valence-corrected chi connectivity index (χ3v) is 6.67.